The van der Waals surface area contributed by atoms with Gasteiger partial charge in [-0.1, -0.05) is 0 Å². The van der Waals surface area contributed by atoms with E-state index in [1.807, 2.05) is 0 Å². The topological polar surface area (TPSA) is 66.9 Å². The number of aromatic nitrogens is 1. The maximum Gasteiger partial charge on any atom is 0.301 e. The van der Waals surface area contributed by atoms with Gasteiger partial charge in [-0.05, 0) is 6.42 Å². The Kier molecular flexibility index (Phi) is 1.44. The van der Waals surface area contributed by atoms with Gasteiger partial charge < -0.3 is 4.42 Å². The van der Waals surface area contributed by atoms with Gasteiger partial charge in [-0.3, -0.25) is 4.79 Å². The molecule has 0 atom stereocenters. The average Bonchev–Trinajstić information content (AvgIpc) is 2.49. The number of ketones is 1. The van der Waals surface area contributed by atoms with Gasteiger partial charge in [0, 0.05) is 12.8 Å². The molecule has 0 aromatic carbocycles. The maximum atomic E-state index is 11.2. The molecule has 2 rings (SSSR count). The summed E-state index contributed by atoms with van der Waals surface area (Å²) in [4.78, 5) is 15.0. The molecule has 4 heteroatoms. The molecular formula is C8H6N2O2. The van der Waals surface area contributed by atoms with E-state index in [4.69, 9.17) is 9.68 Å². The molecule has 0 fully saturated rings. The Labute approximate surface area is 68.8 Å². The third kappa shape index (κ3) is 0.909. The van der Waals surface area contributed by atoms with E-state index >= 15 is 0 Å². The number of carbonyl (C=O) groups is 1. The number of rotatable bonds is 0. The van der Waals surface area contributed by atoms with Crippen LogP contribution >= 0.6 is 0 Å². The van der Waals surface area contributed by atoms with Crippen LogP contribution in [0.15, 0.2) is 4.42 Å². The Bertz CT molecular complexity index is 373. The summed E-state index contributed by atoms with van der Waals surface area (Å²) in [6.07, 6.45) is 2.03. The molecular weight excluding hydrogens is 156 g/mol. The SMILES string of the molecule is N#Cc1nc2c(o1)CCCC2=O. The van der Waals surface area contributed by atoms with Crippen molar-refractivity contribution in [2.75, 3.05) is 0 Å². The number of oxazole rings is 1. The van der Waals surface area contributed by atoms with Crippen molar-refractivity contribution < 1.29 is 9.21 Å². The fraction of sp³-hybridized carbons (Fsp3) is 0.375. The van der Waals surface area contributed by atoms with Crippen LogP contribution in [0, 0.1) is 11.3 Å². The molecule has 1 aromatic rings. The van der Waals surface area contributed by atoms with E-state index in [1.54, 1.807) is 6.07 Å². The second-order valence-corrected chi connectivity index (χ2v) is 2.68. The predicted octanol–water partition coefficient (Wildman–Crippen LogP) is 1.07. The third-order valence-electron chi connectivity index (χ3n) is 1.86. The van der Waals surface area contributed by atoms with Crippen LogP contribution in [0.3, 0.4) is 0 Å². The van der Waals surface area contributed by atoms with Gasteiger partial charge in [0.15, 0.2) is 11.9 Å². The molecule has 0 amide bonds. The molecule has 0 N–H and O–H groups in total. The smallest absolute Gasteiger partial charge is 0.301 e. The number of fused-ring (bicyclic) bond motifs is 1. The van der Waals surface area contributed by atoms with Crippen molar-refractivity contribution >= 4 is 5.78 Å². The largest absolute Gasteiger partial charge is 0.433 e. The molecule has 1 aliphatic carbocycles. The number of nitriles is 1. The van der Waals surface area contributed by atoms with Gasteiger partial charge in [-0.15, -0.1) is 0 Å². The highest BCUT2D eigenvalue weighted by molar-refractivity contribution is 5.96. The Morgan fingerprint density at radius 1 is 1.50 bits per heavy atom. The fourth-order valence-electron chi connectivity index (χ4n) is 1.31. The van der Waals surface area contributed by atoms with Crippen LogP contribution in [0.5, 0.6) is 0 Å². The lowest BCUT2D eigenvalue weighted by molar-refractivity contribution is 0.0965. The minimum atomic E-state index is -0.0125. The van der Waals surface area contributed by atoms with Crippen molar-refractivity contribution in [2.45, 2.75) is 19.3 Å². The summed E-state index contributed by atoms with van der Waals surface area (Å²) in [6.45, 7) is 0. The van der Waals surface area contributed by atoms with Gasteiger partial charge >= 0.3 is 5.89 Å². The number of nitrogens with zero attached hydrogens (tertiary/aromatic N) is 2. The zero-order valence-electron chi connectivity index (χ0n) is 6.33. The summed E-state index contributed by atoms with van der Waals surface area (Å²) >= 11 is 0. The molecule has 0 unspecified atom stereocenters. The molecule has 0 spiro atoms. The Hall–Kier alpha value is -1.63. The van der Waals surface area contributed by atoms with Crippen molar-refractivity contribution in [2.24, 2.45) is 0 Å². The minimum Gasteiger partial charge on any atom is -0.433 e. The molecule has 0 radical (unpaired) electrons. The van der Waals surface area contributed by atoms with Crippen LogP contribution in [-0.2, 0) is 6.42 Å². The van der Waals surface area contributed by atoms with Crippen LogP contribution in [0.2, 0.25) is 0 Å². The monoisotopic (exact) mass is 162 g/mol. The van der Waals surface area contributed by atoms with E-state index in [0.29, 0.717) is 17.9 Å². The number of carbonyl (C=O) groups excluding carboxylic acids is 1. The minimum absolute atomic E-state index is 0.00440. The first-order valence-electron chi connectivity index (χ1n) is 3.74. The lowest BCUT2D eigenvalue weighted by atomic mass is 10.0. The summed E-state index contributed by atoms with van der Waals surface area (Å²) in [7, 11) is 0. The first-order valence-corrected chi connectivity index (χ1v) is 3.74. The number of hydrogen-bond acceptors (Lipinski definition) is 4. The third-order valence-corrected chi connectivity index (χ3v) is 1.86. The average molecular weight is 162 g/mol. The van der Waals surface area contributed by atoms with Crippen LogP contribution < -0.4 is 0 Å². The number of Topliss-reactive ketones (excluding diaryl/α,β-unsaturated/α-hetero) is 1. The molecule has 4 nitrogen and oxygen atoms in total. The van der Waals surface area contributed by atoms with E-state index in [0.717, 1.165) is 12.8 Å². The quantitative estimate of drug-likeness (QED) is 0.572. The first-order chi connectivity index (χ1) is 5.81. The van der Waals surface area contributed by atoms with Gasteiger partial charge in [-0.25, -0.2) is 0 Å². The molecule has 1 aliphatic rings. The summed E-state index contributed by atoms with van der Waals surface area (Å²) in [5.74, 6) is 0.555. The normalized spacial score (nSPS) is 15.4. The molecule has 0 saturated carbocycles. The highest BCUT2D eigenvalue weighted by Gasteiger charge is 2.23. The van der Waals surface area contributed by atoms with E-state index in [1.165, 1.54) is 0 Å². The van der Waals surface area contributed by atoms with Crippen molar-refractivity contribution in [3.8, 4) is 6.07 Å². The van der Waals surface area contributed by atoms with Crippen LogP contribution in [0.25, 0.3) is 0 Å². The Morgan fingerprint density at radius 2 is 2.33 bits per heavy atom. The molecule has 60 valence electrons. The van der Waals surface area contributed by atoms with Gasteiger partial charge in [0.25, 0.3) is 0 Å². The maximum absolute atomic E-state index is 11.2. The highest BCUT2D eigenvalue weighted by atomic mass is 16.4. The van der Waals surface area contributed by atoms with E-state index < -0.39 is 0 Å². The van der Waals surface area contributed by atoms with Crippen LogP contribution in [0.1, 0.15) is 35.0 Å². The van der Waals surface area contributed by atoms with Crippen LogP contribution in [-0.4, -0.2) is 10.8 Å². The lowest BCUT2D eigenvalue weighted by Crippen LogP contribution is -2.09. The second-order valence-electron chi connectivity index (χ2n) is 2.68. The van der Waals surface area contributed by atoms with Crippen molar-refractivity contribution in [3.05, 3.63) is 17.3 Å². The van der Waals surface area contributed by atoms with Gasteiger partial charge in [-0.2, -0.15) is 10.2 Å². The summed E-state index contributed by atoms with van der Waals surface area (Å²) < 4.78 is 5.03. The van der Waals surface area contributed by atoms with Crippen molar-refractivity contribution in [3.63, 3.8) is 0 Å². The zero-order valence-corrected chi connectivity index (χ0v) is 6.33. The summed E-state index contributed by atoms with van der Waals surface area (Å²) in [5.41, 5.74) is 0.359. The second kappa shape index (κ2) is 2.45. The molecule has 1 aromatic heterocycles. The lowest BCUT2D eigenvalue weighted by Gasteiger charge is -2.04. The molecule has 12 heavy (non-hydrogen) atoms. The summed E-state index contributed by atoms with van der Waals surface area (Å²) in [6, 6.07) is 1.77. The van der Waals surface area contributed by atoms with Crippen molar-refractivity contribution in [1.29, 1.82) is 5.26 Å². The zero-order chi connectivity index (χ0) is 8.55. The highest BCUT2D eigenvalue weighted by Crippen LogP contribution is 2.21. The fourth-order valence-corrected chi connectivity index (χ4v) is 1.31. The Morgan fingerprint density at radius 3 is 3.00 bits per heavy atom. The summed E-state index contributed by atoms with van der Waals surface area (Å²) in [5, 5.41) is 8.46. The van der Waals surface area contributed by atoms with Gasteiger partial charge in [0.2, 0.25) is 0 Å². The molecule has 0 saturated heterocycles. The van der Waals surface area contributed by atoms with E-state index in [9.17, 15) is 4.79 Å². The van der Waals surface area contributed by atoms with Crippen LogP contribution in [0.4, 0.5) is 0 Å². The Balaban J connectivity index is 2.52. The van der Waals surface area contributed by atoms with E-state index in [2.05, 4.69) is 4.98 Å². The van der Waals surface area contributed by atoms with Gasteiger partial charge in [0.1, 0.15) is 11.5 Å². The van der Waals surface area contributed by atoms with Gasteiger partial charge in [0.05, 0.1) is 0 Å². The molecule has 0 bridgehead atoms. The standard InChI is InChI=1S/C8H6N2O2/c9-4-7-10-8-5(11)2-1-3-6(8)12-7/h1-3H2. The van der Waals surface area contributed by atoms with Crippen molar-refractivity contribution in [1.82, 2.24) is 4.98 Å². The van der Waals surface area contributed by atoms with E-state index in [-0.39, 0.29) is 11.7 Å². The molecule has 0 aliphatic heterocycles. The first kappa shape index (κ1) is 7.04. The number of hydrogen-bond donors (Lipinski definition) is 0. The number of aryl methyl sites for hydroxylation is 1. The molecule has 1 heterocycles. The predicted molar refractivity (Wildman–Crippen MR) is 38.5 cm³/mol.